The van der Waals surface area contributed by atoms with Crippen LogP contribution in [0.25, 0.3) is 0 Å². The summed E-state index contributed by atoms with van der Waals surface area (Å²) < 4.78 is 0. The number of thioether (sulfide) groups is 1. The van der Waals surface area contributed by atoms with Crippen LogP contribution in [0.2, 0.25) is 0 Å². The molecular formula is C15H25N3OS. The number of anilines is 1. The third-order valence-corrected chi connectivity index (χ3v) is 4.18. The molecule has 0 radical (unpaired) electrons. The highest BCUT2D eigenvalue weighted by Crippen LogP contribution is 2.25. The van der Waals surface area contributed by atoms with E-state index >= 15 is 0 Å². The Hall–Kier alpha value is -1.20. The molecule has 1 rings (SSSR count). The summed E-state index contributed by atoms with van der Waals surface area (Å²) in [5.41, 5.74) is 7.24. The molecule has 1 aromatic carbocycles. The van der Waals surface area contributed by atoms with Gasteiger partial charge < -0.3 is 16.0 Å². The topological polar surface area (TPSA) is 58.4 Å². The molecule has 0 spiro atoms. The number of nitrogens with zero attached hydrogens (tertiary/aromatic N) is 1. The van der Waals surface area contributed by atoms with E-state index in [1.165, 1.54) is 0 Å². The Morgan fingerprint density at radius 2 is 2.00 bits per heavy atom. The zero-order valence-electron chi connectivity index (χ0n) is 12.6. The van der Waals surface area contributed by atoms with Gasteiger partial charge in [-0.3, -0.25) is 4.79 Å². The molecule has 3 N–H and O–H groups in total. The van der Waals surface area contributed by atoms with Crippen LogP contribution in [0, 0.1) is 0 Å². The van der Waals surface area contributed by atoms with Crippen molar-refractivity contribution in [3.8, 4) is 0 Å². The van der Waals surface area contributed by atoms with E-state index in [2.05, 4.69) is 24.1 Å². The summed E-state index contributed by atoms with van der Waals surface area (Å²) in [6.45, 7) is 9.99. The number of nitrogen functional groups attached to an aromatic ring is 1. The van der Waals surface area contributed by atoms with Gasteiger partial charge in [-0.15, -0.1) is 11.8 Å². The van der Waals surface area contributed by atoms with E-state index < -0.39 is 0 Å². The van der Waals surface area contributed by atoms with Gasteiger partial charge in [0.2, 0.25) is 0 Å². The Morgan fingerprint density at radius 3 is 2.60 bits per heavy atom. The van der Waals surface area contributed by atoms with Gasteiger partial charge in [0.05, 0.1) is 5.56 Å². The minimum Gasteiger partial charge on any atom is -0.399 e. The summed E-state index contributed by atoms with van der Waals surface area (Å²) in [6.07, 6.45) is 0. The second-order valence-corrected chi connectivity index (χ2v) is 5.63. The lowest BCUT2D eigenvalue weighted by atomic mass is 10.2. The van der Waals surface area contributed by atoms with Gasteiger partial charge in [0.25, 0.3) is 5.91 Å². The van der Waals surface area contributed by atoms with Gasteiger partial charge in [0.15, 0.2) is 0 Å². The van der Waals surface area contributed by atoms with E-state index in [-0.39, 0.29) is 5.91 Å². The van der Waals surface area contributed by atoms with Gasteiger partial charge in [-0.05, 0) is 38.2 Å². The molecule has 0 aliphatic heterocycles. The van der Waals surface area contributed by atoms with E-state index in [4.69, 9.17) is 5.73 Å². The summed E-state index contributed by atoms with van der Waals surface area (Å²) in [6, 6.07) is 5.47. The van der Waals surface area contributed by atoms with Crippen LogP contribution in [0.5, 0.6) is 0 Å². The van der Waals surface area contributed by atoms with Crippen molar-refractivity contribution < 1.29 is 4.79 Å². The van der Waals surface area contributed by atoms with E-state index in [0.717, 1.165) is 30.3 Å². The predicted molar refractivity (Wildman–Crippen MR) is 87.4 cm³/mol. The number of carbonyl (C=O) groups is 1. The zero-order chi connectivity index (χ0) is 15.0. The van der Waals surface area contributed by atoms with Crippen molar-refractivity contribution in [3.63, 3.8) is 0 Å². The molecule has 0 heterocycles. The van der Waals surface area contributed by atoms with E-state index in [1.54, 1.807) is 23.9 Å². The molecule has 0 bridgehead atoms. The number of nitrogens with two attached hydrogens (primary N) is 1. The number of nitrogens with one attached hydrogen (secondary N) is 1. The number of carbonyl (C=O) groups excluding carboxylic acids is 1. The molecule has 0 aliphatic rings. The quantitative estimate of drug-likeness (QED) is 0.571. The highest BCUT2D eigenvalue weighted by atomic mass is 32.2. The van der Waals surface area contributed by atoms with E-state index in [9.17, 15) is 4.79 Å². The second kappa shape index (κ2) is 8.87. The van der Waals surface area contributed by atoms with Gasteiger partial charge in [-0.1, -0.05) is 13.8 Å². The average Bonchev–Trinajstić information content (AvgIpc) is 2.44. The van der Waals surface area contributed by atoms with Crippen LogP contribution < -0.4 is 11.1 Å². The Bertz CT molecular complexity index is 433. The van der Waals surface area contributed by atoms with Crippen LogP contribution in [0.1, 0.15) is 31.1 Å². The summed E-state index contributed by atoms with van der Waals surface area (Å²) in [7, 11) is 0. The number of rotatable bonds is 8. The first kappa shape index (κ1) is 16.9. The van der Waals surface area contributed by atoms with Crippen molar-refractivity contribution in [2.75, 3.05) is 37.7 Å². The molecule has 0 fully saturated rings. The fourth-order valence-electron chi connectivity index (χ4n) is 1.93. The lowest BCUT2D eigenvalue weighted by Gasteiger charge is -2.18. The van der Waals surface area contributed by atoms with Crippen molar-refractivity contribution in [2.45, 2.75) is 25.7 Å². The molecule has 0 aromatic heterocycles. The third kappa shape index (κ3) is 5.06. The average molecular weight is 295 g/mol. The summed E-state index contributed by atoms with van der Waals surface area (Å²) >= 11 is 1.69. The first-order chi connectivity index (χ1) is 9.62. The smallest absolute Gasteiger partial charge is 0.252 e. The number of benzene rings is 1. The lowest BCUT2D eigenvalue weighted by molar-refractivity contribution is 0.0953. The minimum absolute atomic E-state index is 0.0298. The van der Waals surface area contributed by atoms with Gasteiger partial charge in [-0.2, -0.15) is 0 Å². The molecule has 0 unspecified atom stereocenters. The molecule has 1 aromatic rings. The fourth-order valence-corrected chi connectivity index (χ4v) is 3.03. The highest BCUT2D eigenvalue weighted by molar-refractivity contribution is 7.99. The largest absolute Gasteiger partial charge is 0.399 e. The van der Waals surface area contributed by atoms with Crippen molar-refractivity contribution in [2.24, 2.45) is 0 Å². The maximum atomic E-state index is 12.0. The molecular weight excluding hydrogens is 270 g/mol. The Balaban J connectivity index is 2.72. The van der Waals surface area contributed by atoms with Gasteiger partial charge in [-0.25, -0.2) is 0 Å². The van der Waals surface area contributed by atoms with Crippen LogP contribution >= 0.6 is 11.8 Å². The van der Waals surface area contributed by atoms with Crippen molar-refractivity contribution in [1.82, 2.24) is 10.2 Å². The second-order valence-electron chi connectivity index (χ2n) is 4.49. The highest BCUT2D eigenvalue weighted by Gasteiger charge is 2.11. The van der Waals surface area contributed by atoms with Crippen LogP contribution in [-0.4, -0.2) is 42.7 Å². The summed E-state index contributed by atoms with van der Waals surface area (Å²) in [5.74, 6) is 0.926. The van der Waals surface area contributed by atoms with Crippen molar-refractivity contribution in [1.29, 1.82) is 0 Å². The molecule has 1 amide bonds. The molecule has 0 saturated carbocycles. The number of amides is 1. The maximum Gasteiger partial charge on any atom is 0.252 e. The zero-order valence-corrected chi connectivity index (χ0v) is 13.4. The Kier molecular flexibility index (Phi) is 7.47. The molecule has 4 nitrogen and oxygen atoms in total. The number of hydrogen-bond acceptors (Lipinski definition) is 4. The third-order valence-electron chi connectivity index (χ3n) is 3.15. The molecule has 20 heavy (non-hydrogen) atoms. The van der Waals surface area contributed by atoms with E-state index in [1.807, 2.05) is 13.0 Å². The van der Waals surface area contributed by atoms with Gasteiger partial charge >= 0.3 is 0 Å². The van der Waals surface area contributed by atoms with Crippen molar-refractivity contribution in [3.05, 3.63) is 23.8 Å². The Labute approximate surface area is 126 Å². The monoisotopic (exact) mass is 295 g/mol. The molecule has 0 saturated heterocycles. The lowest BCUT2D eigenvalue weighted by Crippen LogP contribution is -2.25. The summed E-state index contributed by atoms with van der Waals surface area (Å²) in [4.78, 5) is 15.3. The fraction of sp³-hybridized carbons (Fsp3) is 0.533. The molecule has 0 atom stereocenters. The van der Waals surface area contributed by atoms with Crippen LogP contribution in [0.15, 0.2) is 23.1 Å². The first-order valence-electron chi connectivity index (χ1n) is 7.15. The molecule has 5 heteroatoms. The predicted octanol–water partition coefficient (Wildman–Crippen LogP) is 2.45. The SMILES string of the molecule is CCNC(=O)c1ccc(N)cc1SCCN(CC)CC. The van der Waals surface area contributed by atoms with Gasteiger partial charge in [0.1, 0.15) is 0 Å². The maximum absolute atomic E-state index is 12.0. The van der Waals surface area contributed by atoms with E-state index in [0.29, 0.717) is 17.8 Å². The molecule has 0 aliphatic carbocycles. The first-order valence-corrected chi connectivity index (χ1v) is 8.13. The standard InChI is InChI=1S/C15H25N3OS/c1-4-17-15(19)13-8-7-12(16)11-14(13)20-10-9-18(5-2)6-3/h7-8,11H,4-6,9-10,16H2,1-3H3,(H,17,19). The van der Waals surface area contributed by atoms with Gasteiger partial charge in [0, 0.05) is 29.4 Å². The minimum atomic E-state index is -0.0298. The van der Waals surface area contributed by atoms with Crippen LogP contribution in [0.4, 0.5) is 5.69 Å². The summed E-state index contributed by atoms with van der Waals surface area (Å²) in [5, 5.41) is 2.84. The Morgan fingerprint density at radius 1 is 1.30 bits per heavy atom. The molecule has 112 valence electrons. The van der Waals surface area contributed by atoms with Crippen LogP contribution in [-0.2, 0) is 0 Å². The van der Waals surface area contributed by atoms with Crippen LogP contribution in [0.3, 0.4) is 0 Å². The van der Waals surface area contributed by atoms with Crippen molar-refractivity contribution >= 4 is 23.4 Å². The number of hydrogen-bond donors (Lipinski definition) is 2. The normalized spacial score (nSPS) is 10.8.